The van der Waals surface area contributed by atoms with Crippen molar-refractivity contribution in [2.24, 2.45) is 0 Å². The molecule has 1 aromatic rings. The molecule has 0 bridgehead atoms. The Morgan fingerprint density at radius 2 is 2.55 bits per heavy atom. The lowest BCUT2D eigenvalue weighted by molar-refractivity contribution is -0.131. The molecule has 0 aliphatic rings. The second-order valence-electron chi connectivity index (χ2n) is 2.02. The van der Waals surface area contributed by atoms with Crippen molar-refractivity contribution in [2.75, 3.05) is 0 Å². The highest BCUT2D eigenvalue weighted by Gasteiger charge is 1.89. The molecule has 0 unspecified atom stereocenters. The Labute approximate surface area is 68.8 Å². The van der Waals surface area contributed by atoms with Crippen LogP contribution in [0.5, 0.6) is 0 Å². The van der Waals surface area contributed by atoms with Crippen LogP contribution in [-0.4, -0.2) is 11.1 Å². The van der Waals surface area contributed by atoms with Gasteiger partial charge in [-0.25, -0.2) is 4.79 Å². The van der Waals surface area contributed by atoms with E-state index in [0.29, 0.717) is 6.42 Å². The Kier molecular flexibility index (Phi) is 2.86. The first kappa shape index (κ1) is 8.01. The van der Waals surface area contributed by atoms with E-state index in [1.54, 1.807) is 17.4 Å². The number of carbonyl (C=O) groups is 1. The zero-order valence-electron chi connectivity index (χ0n) is 5.86. The molecular formula is C8H8O2S. The predicted molar refractivity (Wildman–Crippen MR) is 44.8 cm³/mol. The first-order chi connectivity index (χ1) is 5.29. The average Bonchev–Trinajstić information content (AvgIpc) is 2.39. The molecular weight excluding hydrogens is 160 g/mol. The van der Waals surface area contributed by atoms with Gasteiger partial charge in [-0.1, -0.05) is 12.1 Å². The summed E-state index contributed by atoms with van der Waals surface area (Å²) >= 11 is 1.63. The number of carboxylic acids is 1. The largest absolute Gasteiger partial charge is 0.478 e. The van der Waals surface area contributed by atoms with Crippen LogP contribution in [0.4, 0.5) is 0 Å². The van der Waals surface area contributed by atoms with E-state index < -0.39 is 5.97 Å². The van der Waals surface area contributed by atoms with Gasteiger partial charge < -0.3 is 5.11 Å². The smallest absolute Gasteiger partial charge is 0.327 e. The van der Waals surface area contributed by atoms with Gasteiger partial charge in [-0.3, -0.25) is 0 Å². The summed E-state index contributed by atoms with van der Waals surface area (Å²) in [5.74, 6) is -0.887. The molecule has 0 atom stereocenters. The molecule has 1 aromatic heterocycles. The second kappa shape index (κ2) is 3.93. The van der Waals surface area contributed by atoms with Crippen molar-refractivity contribution in [1.29, 1.82) is 0 Å². The Morgan fingerprint density at radius 1 is 1.73 bits per heavy atom. The van der Waals surface area contributed by atoms with Crippen LogP contribution in [0.1, 0.15) is 4.88 Å². The van der Waals surface area contributed by atoms with Crippen LogP contribution >= 0.6 is 11.3 Å². The molecule has 1 N–H and O–H groups in total. The van der Waals surface area contributed by atoms with Crippen LogP contribution in [0, 0.1) is 0 Å². The van der Waals surface area contributed by atoms with Gasteiger partial charge in [-0.2, -0.15) is 0 Å². The summed E-state index contributed by atoms with van der Waals surface area (Å²) in [5, 5.41) is 10.2. The molecule has 2 nitrogen and oxygen atoms in total. The molecule has 0 saturated heterocycles. The number of allylic oxidation sites excluding steroid dienone is 1. The Bertz CT molecular complexity index is 249. The summed E-state index contributed by atoms with van der Waals surface area (Å²) in [6.45, 7) is 0. The van der Waals surface area contributed by atoms with Crippen LogP contribution in [0.25, 0.3) is 0 Å². The van der Waals surface area contributed by atoms with Crippen molar-refractivity contribution in [1.82, 2.24) is 0 Å². The van der Waals surface area contributed by atoms with E-state index in [9.17, 15) is 4.79 Å². The van der Waals surface area contributed by atoms with Crippen molar-refractivity contribution < 1.29 is 9.90 Å². The fourth-order valence-corrected chi connectivity index (χ4v) is 1.39. The van der Waals surface area contributed by atoms with E-state index in [0.717, 1.165) is 0 Å². The van der Waals surface area contributed by atoms with E-state index in [1.807, 2.05) is 17.5 Å². The normalized spacial score (nSPS) is 10.5. The molecule has 58 valence electrons. The molecule has 0 saturated carbocycles. The van der Waals surface area contributed by atoms with Crippen LogP contribution in [-0.2, 0) is 11.2 Å². The number of aliphatic carboxylic acids is 1. The molecule has 1 heterocycles. The monoisotopic (exact) mass is 168 g/mol. The van der Waals surface area contributed by atoms with Gasteiger partial charge >= 0.3 is 5.97 Å². The Morgan fingerprint density at radius 3 is 3.09 bits per heavy atom. The van der Waals surface area contributed by atoms with E-state index in [4.69, 9.17) is 5.11 Å². The van der Waals surface area contributed by atoms with E-state index >= 15 is 0 Å². The topological polar surface area (TPSA) is 37.3 Å². The summed E-state index contributed by atoms with van der Waals surface area (Å²) in [4.78, 5) is 11.2. The molecule has 11 heavy (non-hydrogen) atoms. The second-order valence-corrected chi connectivity index (χ2v) is 3.06. The summed E-state index contributed by atoms with van der Waals surface area (Å²) in [5.41, 5.74) is 0. The molecule has 0 aliphatic carbocycles. The maximum Gasteiger partial charge on any atom is 0.327 e. The number of thiophene rings is 1. The highest BCUT2D eigenvalue weighted by Crippen LogP contribution is 2.08. The van der Waals surface area contributed by atoms with Crippen molar-refractivity contribution in [2.45, 2.75) is 6.42 Å². The molecule has 0 radical (unpaired) electrons. The van der Waals surface area contributed by atoms with Gasteiger partial charge in [0, 0.05) is 17.4 Å². The fourth-order valence-electron chi connectivity index (χ4n) is 0.705. The van der Waals surface area contributed by atoms with Crippen molar-refractivity contribution in [3.05, 3.63) is 34.5 Å². The van der Waals surface area contributed by atoms with Crippen molar-refractivity contribution in [3.8, 4) is 0 Å². The lowest BCUT2D eigenvalue weighted by Gasteiger charge is -1.84. The third-order valence-electron chi connectivity index (χ3n) is 1.16. The predicted octanol–water partition coefficient (Wildman–Crippen LogP) is 1.93. The lowest BCUT2D eigenvalue weighted by Crippen LogP contribution is -1.86. The minimum absolute atomic E-state index is 0.712. The van der Waals surface area contributed by atoms with Crippen LogP contribution in [0.3, 0.4) is 0 Å². The van der Waals surface area contributed by atoms with Crippen LogP contribution in [0.2, 0.25) is 0 Å². The summed E-state index contributed by atoms with van der Waals surface area (Å²) < 4.78 is 0. The number of hydrogen-bond donors (Lipinski definition) is 1. The van der Waals surface area contributed by atoms with Gasteiger partial charge in [0.25, 0.3) is 0 Å². The first-order valence-electron chi connectivity index (χ1n) is 3.21. The minimum Gasteiger partial charge on any atom is -0.478 e. The quantitative estimate of drug-likeness (QED) is 0.700. The zero-order chi connectivity index (χ0) is 8.10. The molecule has 0 aromatic carbocycles. The molecule has 0 amide bonds. The molecule has 0 spiro atoms. The van der Waals surface area contributed by atoms with E-state index in [2.05, 4.69) is 0 Å². The fraction of sp³-hybridized carbons (Fsp3) is 0.125. The molecule has 0 fully saturated rings. The zero-order valence-corrected chi connectivity index (χ0v) is 6.67. The Balaban J connectivity index is 2.40. The third-order valence-corrected chi connectivity index (χ3v) is 2.06. The maximum absolute atomic E-state index is 10.0. The number of hydrogen-bond acceptors (Lipinski definition) is 2. The highest BCUT2D eigenvalue weighted by molar-refractivity contribution is 7.09. The summed E-state index contributed by atoms with van der Waals surface area (Å²) in [6.07, 6.45) is 3.53. The van der Waals surface area contributed by atoms with Crippen molar-refractivity contribution in [3.63, 3.8) is 0 Å². The van der Waals surface area contributed by atoms with Gasteiger partial charge in [0.05, 0.1) is 0 Å². The lowest BCUT2D eigenvalue weighted by atomic mass is 10.3. The summed E-state index contributed by atoms with van der Waals surface area (Å²) in [7, 11) is 0. The van der Waals surface area contributed by atoms with Gasteiger partial charge in [0.1, 0.15) is 0 Å². The first-order valence-corrected chi connectivity index (χ1v) is 4.09. The number of rotatable bonds is 3. The summed E-state index contributed by atoms with van der Waals surface area (Å²) in [6, 6.07) is 3.94. The number of carboxylic acid groups (broad SMARTS) is 1. The van der Waals surface area contributed by atoms with Gasteiger partial charge in [0.2, 0.25) is 0 Å². The van der Waals surface area contributed by atoms with Gasteiger partial charge in [-0.15, -0.1) is 11.3 Å². The third kappa shape index (κ3) is 3.00. The molecule has 0 aliphatic heterocycles. The SMILES string of the molecule is O=C(O)/C=C/Cc1cccs1. The highest BCUT2D eigenvalue weighted by atomic mass is 32.1. The molecule has 1 rings (SSSR count). The molecule has 3 heteroatoms. The minimum atomic E-state index is -0.887. The van der Waals surface area contributed by atoms with Gasteiger partial charge in [0.15, 0.2) is 0 Å². The van der Waals surface area contributed by atoms with Crippen LogP contribution < -0.4 is 0 Å². The van der Waals surface area contributed by atoms with Gasteiger partial charge in [-0.05, 0) is 11.4 Å². The average molecular weight is 168 g/mol. The van der Waals surface area contributed by atoms with Crippen molar-refractivity contribution >= 4 is 17.3 Å². The standard InChI is InChI=1S/C8H8O2S/c9-8(10)5-1-3-7-4-2-6-11-7/h1-2,4-6H,3H2,(H,9,10)/b5-1+. The maximum atomic E-state index is 10.0. The van der Waals surface area contributed by atoms with Crippen LogP contribution in [0.15, 0.2) is 29.7 Å². The Hall–Kier alpha value is -1.09. The van der Waals surface area contributed by atoms with E-state index in [1.165, 1.54) is 11.0 Å². The van der Waals surface area contributed by atoms with E-state index in [-0.39, 0.29) is 0 Å².